The van der Waals surface area contributed by atoms with Gasteiger partial charge in [0.15, 0.2) is 5.82 Å². The third-order valence-corrected chi connectivity index (χ3v) is 4.36. The van der Waals surface area contributed by atoms with Gasteiger partial charge in [-0.3, -0.25) is 0 Å². The first kappa shape index (κ1) is 15.6. The second-order valence-electron chi connectivity index (χ2n) is 4.87. The summed E-state index contributed by atoms with van der Waals surface area (Å²) in [4.78, 5) is 4.12. The van der Waals surface area contributed by atoms with E-state index in [1.165, 1.54) is 0 Å². The zero-order valence-electron chi connectivity index (χ0n) is 11.2. The zero-order valence-corrected chi connectivity index (χ0v) is 12.1. The van der Waals surface area contributed by atoms with Gasteiger partial charge in [-0.25, -0.2) is 0 Å². The van der Waals surface area contributed by atoms with Crippen molar-refractivity contribution >= 4 is 11.8 Å². The topological polar surface area (TPSA) is 51.0 Å². The van der Waals surface area contributed by atoms with E-state index in [2.05, 4.69) is 22.4 Å². The van der Waals surface area contributed by atoms with Gasteiger partial charge in [-0.15, -0.1) is 0 Å². The molecule has 20 heavy (non-hydrogen) atoms. The summed E-state index contributed by atoms with van der Waals surface area (Å²) >= 11 is 1.79. The number of hydrogen-bond acceptors (Lipinski definition) is 5. The second-order valence-corrected chi connectivity index (χ2v) is 5.94. The predicted octanol–water partition coefficient (Wildman–Crippen LogP) is 2.76. The van der Waals surface area contributed by atoms with Crippen LogP contribution in [0.25, 0.3) is 0 Å². The predicted molar refractivity (Wildman–Crippen MR) is 70.8 cm³/mol. The molecule has 4 nitrogen and oxygen atoms in total. The number of nitrogens with zero attached hydrogens (tertiary/aromatic N) is 2. The van der Waals surface area contributed by atoms with Crippen molar-refractivity contribution in [2.75, 3.05) is 18.1 Å². The van der Waals surface area contributed by atoms with Crippen molar-refractivity contribution < 1.29 is 17.7 Å². The van der Waals surface area contributed by atoms with E-state index in [9.17, 15) is 13.2 Å². The molecule has 1 saturated heterocycles. The number of halogens is 3. The Bertz CT molecular complexity index is 424. The summed E-state index contributed by atoms with van der Waals surface area (Å²) in [5, 5.41) is 7.07. The zero-order chi connectivity index (χ0) is 14.6. The summed E-state index contributed by atoms with van der Waals surface area (Å²) in [6.45, 7) is 3.00. The van der Waals surface area contributed by atoms with Gasteiger partial charge in [-0.05, 0) is 13.0 Å². The highest BCUT2D eigenvalue weighted by atomic mass is 32.2. The minimum Gasteiger partial charge on any atom is -0.339 e. The van der Waals surface area contributed by atoms with E-state index in [1.54, 1.807) is 11.8 Å². The number of nitrogens with one attached hydrogen (secondary N) is 1. The molecule has 0 aliphatic carbocycles. The maximum absolute atomic E-state index is 12.2. The minimum absolute atomic E-state index is 0.0960. The van der Waals surface area contributed by atoms with Crippen LogP contribution in [0.2, 0.25) is 0 Å². The molecule has 1 aliphatic heterocycles. The highest BCUT2D eigenvalue weighted by Gasteiger charge is 2.33. The molecule has 0 amide bonds. The Hall–Kier alpha value is -0.760. The van der Waals surface area contributed by atoms with Crippen LogP contribution in [-0.4, -0.2) is 40.4 Å². The average Bonchev–Trinajstić information content (AvgIpc) is 3.01. The highest BCUT2D eigenvalue weighted by Crippen LogP contribution is 2.32. The van der Waals surface area contributed by atoms with Gasteiger partial charge in [0.25, 0.3) is 0 Å². The van der Waals surface area contributed by atoms with E-state index in [0.717, 1.165) is 24.5 Å². The van der Waals surface area contributed by atoms with Gasteiger partial charge in [-0.1, -0.05) is 12.1 Å². The van der Waals surface area contributed by atoms with Crippen LogP contribution in [0.3, 0.4) is 0 Å². The first-order valence-corrected chi connectivity index (χ1v) is 7.85. The number of aromatic nitrogens is 2. The van der Waals surface area contributed by atoms with Gasteiger partial charge in [0.2, 0.25) is 5.89 Å². The fourth-order valence-electron chi connectivity index (χ4n) is 2.10. The smallest absolute Gasteiger partial charge is 0.339 e. The van der Waals surface area contributed by atoms with E-state index >= 15 is 0 Å². The first-order chi connectivity index (χ1) is 9.49. The molecule has 2 unspecified atom stereocenters. The van der Waals surface area contributed by atoms with Crippen molar-refractivity contribution in [3.8, 4) is 0 Å². The Morgan fingerprint density at radius 3 is 2.90 bits per heavy atom. The van der Waals surface area contributed by atoms with Crippen LogP contribution in [0, 0.1) is 0 Å². The monoisotopic (exact) mass is 309 g/mol. The fourth-order valence-corrected chi connectivity index (χ4v) is 3.47. The van der Waals surface area contributed by atoms with Crippen molar-refractivity contribution in [3.05, 3.63) is 11.7 Å². The van der Waals surface area contributed by atoms with E-state index in [-0.39, 0.29) is 24.2 Å². The molecular formula is C12H18F3N3OS. The molecule has 1 N–H and O–H groups in total. The molecule has 0 aromatic carbocycles. The molecular weight excluding hydrogens is 291 g/mol. The summed E-state index contributed by atoms with van der Waals surface area (Å²) in [7, 11) is 0. The Balaban J connectivity index is 1.93. The van der Waals surface area contributed by atoms with E-state index in [0.29, 0.717) is 5.89 Å². The SMILES string of the molecule is CCCNC1CSCC1c1nc(CCC(F)(F)F)no1. The Labute approximate surface area is 119 Å². The molecule has 1 aliphatic rings. The van der Waals surface area contributed by atoms with Crippen LogP contribution in [0.5, 0.6) is 0 Å². The van der Waals surface area contributed by atoms with Crippen LogP contribution in [0.15, 0.2) is 4.52 Å². The summed E-state index contributed by atoms with van der Waals surface area (Å²) in [5.41, 5.74) is 0. The normalized spacial score (nSPS) is 23.4. The van der Waals surface area contributed by atoms with E-state index in [1.807, 2.05) is 0 Å². The number of alkyl halides is 3. The molecule has 0 radical (unpaired) electrons. The van der Waals surface area contributed by atoms with Gasteiger partial charge >= 0.3 is 6.18 Å². The molecule has 1 aromatic heterocycles. The fraction of sp³-hybridized carbons (Fsp3) is 0.833. The lowest BCUT2D eigenvalue weighted by Crippen LogP contribution is -2.34. The summed E-state index contributed by atoms with van der Waals surface area (Å²) in [5.74, 6) is 2.52. The standard InChI is InChI=1S/C12H18F3N3OS/c1-2-5-16-9-7-20-6-8(9)11-17-10(18-19-11)3-4-12(13,14)15/h8-9,16H,2-7H2,1H3. The van der Waals surface area contributed by atoms with Gasteiger partial charge in [0.05, 0.1) is 12.3 Å². The van der Waals surface area contributed by atoms with Crippen molar-refractivity contribution in [3.63, 3.8) is 0 Å². The number of rotatable bonds is 6. The first-order valence-electron chi connectivity index (χ1n) is 6.70. The molecule has 1 aromatic rings. The van der Waals surface area contributed by atoms with Crippen molar-refractivity contribution in [1.82, 2.24) is 15.5 Å². The molecule has 0 saturated carbocycles. The van der Waals surface area contributed by atoms with Gasteiger partial charge in [0.1, 0.15) is 0 Å². The number of hydrogen-bond donors (Lipinski definition) is 1. The molecule has 2 atom stereocenters. The molecule has 2 heterocycles. The maximum Gasteiger partial charge on any atom is 0.389 e. The lowest BCUT2D eigenvalue weighted by molar-refractivity contribution is -0.134. The van der Waals surface area contributed by atoms with E-state index in [4.69, 9.17) is 4.52 Å². The quantitative estimate of drug-likeness (QED) is 0.875. The van der Waals surface area contributed by atoms with Crippen LogP contribution in [0.4, 0.5) is 13.2 Å². The number of thioether (sulfide) groups is 1. The minimum atomic E-state index is -4.19. The summed E-state index contributed by atoms with van der Waals surface area (Å²) in [6, 6.07) is 0.260. The van der Waals surface area contributed by atoms with Crippen LogP contribution in [-0.2, 0) is 6.42 Å². The molecule has 1 fully saturated rings. The maximum atomic E-state index is 12.2. The summed E-state index contributed by atoms with van der Waals surface area (Å²) in [6.07, 6.45) is -4.29. The van der Waals surface area contributed by atoms with Gasteiger partial charge in [0, 0.05) is 24.0 Å². The molecule has 0 spiro atoms. The number of aryl methyl sites for hydroxylation is 1. The Morgan fingerprint density at radius 1 is 1.40 bits per heavy atom. The van der Waals surface area contributed by atoms with Crippen molar-refractivity contribution in [2.24, 2.45) is 0 Å². The Morgan fingerprint density at radius 2 is 2.20 bits per heavy atom. The lowest BCUT2D eigenvalue weighted by Gasteiger charge is -2.16. The second kappa shape index (κ2) is 6.80. The average molecular weight is 309 g/mol. The lowest BCUT2D eigenvalue weighted by atomic mass is 10.0. The molecule has 114 valence electrons. The largest absolute Gasteiger partial charge is 0.389 e. The van der Waals surface area contributed by atoms with Crippen molar-refractivity contribution in [1.29, 1.82) is 0 Å². The molecule has 2 rings (SSSR count). The van der Waals surface area contributed by atoms with Gasteiger partial charge in [-0.2, -0.15) is 29.9 Å². The third kappa shape index (κ3) is 4.37. The summed E-state index contributed by atoms with van der Waals surface area (Å²) < 4.78 is 41.6. The van der Waals surface area contributed by atoms with Crippen LogP contribution in [0.1, 0.15) is 37.4 Å². The van der Waals surface area contributed by atoms with Crippen molar-refractivity contribution in [2.45, 2.75) is 44.3 Å². The van der Waals surface area contributed by atoms with Crippen LogP contribution >= 0.6 is 11.8 Å². The molecule has 8 heteroatoms. The van der Waals surface area contributed by atoms with Gasteiger partial charge < -0.3 is 9.84 Å². The Kier molecular flexibility index (Phi) is 5.31. The van der Waals surface area contributed by atoms with Crippen LogP contribution < -0.4 is 5.32 Å². The highest BCUT2D eigenvalue weighted by molar-refractivity contribution is 7.99. The third-order valence-electron chi connectivity index (χ3n) is 3.17. The van der Waals surface area contributed by atoms with E-state index < -0.39 is 12.6 Å². The molecule has 0 bridgehead atoms.